The zero-order valence-corrected chi connectivity index (χ0v) is 13.7. The van der Waals surface area contributed by atoms with Crippen molar-refractivity contribution >= 4 is 5.91 Å². The van der Waals surface area contributed by atoms with Crippen LogP contribution in [0.1, 0.15) is 22.0 Å². The van der Waals surface area contributed by atoms with Crippen molar-refractivity contribution < 1.29 is 18.7 Å². The standard InChI is InChI=1S/C18H22N2O4/c1-22-16-4-2-14(3-5-16)17(20-7-10-23-11-8-20)12-19-18(21)15-6-9-24-13-15/h2-6,9,13,17H,7-8,10-12H2,1H3,(H,19,21). The topological polar surface area (TPSA) is 63.9 Å². The fourth-order valence-corrected chi connectivity index (χ4v) is 2.86. The van der Waals surface area contributed by atoms with Gasteiger partial charge in [-0.3, -0.25) is 9.69 Å². The minimum Gasteiger partial charge on any atom is -0.497 e. The lowest BCUT2D eigenvalue weighted by Crippen LogP contribution is -2.43. The van der Waals surface area contributed by atoms with Crippen molar-refractivity contribution in [2.24, 2.45) is 0 Å². The van der Waals surface area contributed by atoms with Crippen molar-refractivity contribution in [1.82, 2.24) is 10.2 Å². The van der Waals surface area contributed by atoms with Gasteiger partial charge in [-0.15, -0.1) is 0 Å². The van der Waals surface area contributed by atoms with Gasteiger partial charge in [-0.1, -0.05) is 12.1 Å². The Hall–Kier alpha value is -2.31. The molecule has 1 N–H and O–H groups in total. The maximum absolute atomic E-state index is 12.2. The predicted octanol–water partition coefficient (Wildman–Crippen LogP) is 2.09. The molecule has 1 amide bonds. The van der Waals surface area contributed by atoms with Gasteiger partial charge in [0.25, 0.3) is 5.91 Å². The van der Waals surface area contributed by atoms with E-state index < -0.39 is 0 Å². The summed E-state index contributed by atoms with van der Waals surface area (Å²) >= 11 is 0. The summed E-state index contributed by atoms with van der Waals surface area (Å²) in [6.45, 7) is 3.64. The minimum atomic E-state index is -0.129. The summed E-state index contributed by atoms with van der Waals surface area (Å²) in [6, 6.07) is 9.73. The molecular formula is C18H22N2O4. The summed E-state index contributed by atoms with van der Waals surface area (Å²) in [5, 5.41) is 3.00. The first-order valence-electron chi connectivity index (χ1n) is 8.04. The van der Waals surface area contributed by atoms with Crippen LogP contribution in [-0.4, -0.2) is 50.8 Å². The number of rotatable bonds is 6. The molecule has 1 atom stereocenters. The van der Waals surface area contributed by atoms with Crippen LogP contribution in [0, 0.1) is 0 Å². The first-order chi connectivity index (χ1) is 11.8. The van der Waals surface area contributed by atoms with E-state index in [4.69, 9.17) is 13.9 Å². The highest BCUT2D eigenvalue weighted by Crippen LogP contribution is 2.23. The first kappa shape index (κ1) is 16.5. The average molecular weight is 330 g/mol. The lowest BCUT2D eigenvalue weighted by atomic mass is 10.0. The van der Waals surface area contributed by atoms with Gasteiger partial charge in [0.15, 0.2) is 0 Å². The largest absolute Gasteiger partial charge is 0.497 e. The molecule has 3 rings (SSSR count). The van der Waals surface area contributed by atoms with Crippen LogP contribution in [0.4, 0.5) is 0 Å². The van der Waals surface area contributed by atoms with E-state index in [1.807, 2.05) is 24.3 Å². The van der Waals surface area contributed by atoms with Crippen molar-refractivity contribution in [3.8, 4) is 5.75 Å². The number of amides is 1. The van der Waals surface area contributed by atoms with Crippen LogP contribution in [0.2, 0.25) is 0 Å². The third kappa shape index (κ3) is 3.96. The number of furan rings is 1. The Kier molecular flexibility index (Phi) is 5.51. The average Bonchev–Trinajstić information content (AvgIpc) is 3.18. The van der Waals surface area contributed by atoms with E-state index >= 15 is 0 Å². The van der Waals surface area contributed by atoms with Crippen LogP contribution < -0.4 is 10.1 Å². The van der Waals surface area contributed by atoms with Crippen molar-refractivity contribution in [1.29, 1.82) is 0 Å². The second-order valence-electron chi connectivity index (χ2n) is 5.66. The lowest BCUT2D eigenvalue weighted by Gasteiger charge is -2.35. The molecule has 1 unspecified atom stereocenters. The van der Waals surface area contributed by atoms with Crippen LogP contribution in [0.5, 0.6) is 5.75 Å². The van der Waals surface area contributed by atoms with Crippen molar-refractivity contribution in [3.63, 3.8) is 0 Å². The van der Waals surface area contributed by atoms with Gasteiger partial charge in [0.1, 0.15) is 12.0 Å². The molecule has 6 heteroatoms. The van der Waals surface area contributed by atoms with Crippen LogP contribution in [0.15, 0.2) is 47.3 Å². The number of nitrogens with zero attached hydrogens (tertiary/aromatic N) is 1. The van der Waals surface area contributed by atoms with E-state index in [9.17, 15) is 4.79 Å². The molecule has 0 saturated carbocycles. The molecule has 24 heavy (non-hydrogen) atoms. The molecule has 0 bridgehead atoms. The summed E-state index contributed by atoms with van der Waals surface area (Å²) in [5.74, 6) is 0.692. The van der Waals surface area contributed by atoms with Crippen LogP contribution >= 0.6 is 0 Å². The van der Waals surface area contributed by atoms with Crippen molar-refractivity contribution in [3.05, 3.63) is 54.0 Å². The Morgan fingerprint density at radius 3 is 2.62 bits per heavy atom. The highest BCUT2D eigenvalue weighted by molar-refractivity contribution is 5.93. The zero-order valence-electron chi connectivity index (χ0n) is 13.7. The first-order valence-corrected chi connectivity index (χ1v) is 8.04. The summed E-state index contributed by atoms with van der Waals surface area (Å²) in [5.41, 5.74) is 1.68. The van der Waals surface area contributed by atoms with E-state index in [0.717, 1.165) is 24.4 Å². The van der Waals surface area contributed by atoms with Gasteiger partial charge >= 0.3 is 0 Å². The van der Waals surface area contributed by atoms with E-state index in [-0.39, 0.29) is 11.9 Å². The Morgan fingerprint density at radius 2 is 2.00 bits per heavy atom. The van der Waals surface area contributed by atoms with Gasteiger partial charge in [-0.25, -0.2) is 0 Å². The maximum Gasteiger partial charge on any atom is 0.254 e. The summed E-state index contributed by atoms with van der Waals surface area (Å²) < 4.78 is 15.6. The van der Waals surface area contributed by atoms with Gasteiger partial charge in [0, 0.05) is 19.6 Å². The normalized spacial score (nSPS) is 16.5. The highest BCUT2D eigenvalue weighted by atomic mass is 16.5. The molecule has 0 aliphatic carbocycles. The molecular weight excluding hydrogens is 308 g/mol. The van der Waals surface area contributed by atoms with Gasteiger partial charge in [0.2, 0.25) is 0 Å². The van der Waals surface area contributed by atoms with E-state index in [2.05, 4.69) is 10.2 Å². The fraction of sp³-hybridized carbons (Fsp3) is 0.389. The predicted molar refractivity (Wildman–Crippen MR) is 89.2 cm³/mol. The Morgan fingerprint density at radius 1 is 1.25 bits per heavy atom. The van der Waals surface area contributed by atoms with Crippen molar-refractivity contribution in [2.45, 2.75) is 6.04 Å². The highest BCUT2D eigenvalue weighted by Gasteiger charge is 2.23. The fourth-order valence-electron chi connectivity index (χ4n) is 2.86. The molecule has 1 fully saturated rings. The number of nitrogens with one attached hydrogen (secondary N) is 1. The molecule has 6 nitrogen and oxygen atoms in total. The molecule has 0 spiro atoms. The molecule has 0 radical (unpaired) electrons. The zero-order chi connectivity index (χ0) is 16.8. The quantitative estimate of drug-likeness (QED) is 0.879. The summed E-state index contributed by atoms with van der Waals surface area (Å²) in [4.78, 5) is 14.5. The van der Waals surface area contributed by atoms with E-state index in [0.29, 0.717) is 25.3 Å². The summed E-state index contributed by atoms with van der Waals surface area (Å²) in [6.07, 6.45) is 2.95. The molecule has 1 aliphatic rings. The molecule has 1 aromatic carbocycles. The minimum absolute atomic E-state index is 0.0932. The number of morpholine rings is 1. The van der Waals surface area contributed by atoms with E-state index in [1.165, 1.54) is 12.5 Å². The van der Waals surface area contributed by atoms with Crippen LogP contribution in [0.25, 0.3) is 0 Å². The van der Waals surface area contributed by atoms with Crippen molar-refractivity contribution in [2.75, 3.05) is 40.0 Å². The smallest absolute Gasteiger partial charge is 0.254 e. The number of benzene rings is 1. The SMILES string of the molecule is COc1ccc(C(CNC(=O)c2ccoc2)N2CCOCC2)cc1. The molecule has 2 aromatic rings. The molecule has 128 valence electrons. The number of carbonyl (C=O) groups excluding carboxylic acids is 1. The Labute approximate surface area is 141 Å². The third-order valence-electron chi connectivity index (χ3n) is 4.23. The molecule has 2 heterocycles. The molecule has 1 aliphatic heterocycles. The molecule has 1 aromatic heterocycles. The van der Waals surface area contributed by atoms with Gasteiger partial charge in [-0.05, 0) is 23.8 Å². The van der Waals surface area contributed by atoms with Gasteiger partial charge < -0.3 is 19.2 Å². The summed E-state index contributed by atoms with van der Waals surface area (Å²) in [7, 11) is 1.65. The number of ether oxygens (including phenoxy) is 2. The monoisotopic (exact) mass is 330 g/mol. The number of carbonyl (C=O) groups is 1. The van der Waals surface area contributed by atoms with E-state index in [1.54, 1.807) is 13.2 Å². The number of methoxy groups -OCH3 is 1. The Balaban J connectivity index is 1.72. The second-order valence-corrected chi connectivity index (χ2v) is 5.66. The van der Waals surface area contributed by atoms with Crippen LogP contribution in [0.3, 0.4) is 0 Å². The number of hydrogen-bond acceptors (Lipinski definition) is 5. The van der Waals surface area contributed by atoms with Crippen LogP contribution in [-0.2, 0) is 4.74 Å². The third-order valence-corrected chi connectivity index (χ3v) is 4.23. The Bertz CT molecular complexity index is 634. The lowest BCUT2D eigenvalue weighted by molar-refractivity contribution is 0.0162. The number of hydrogen-bond donors (Lipinski definition) is 1. The second kappa shape index (κ2) is 7.99. The molecule has 1 saturated heterocycles. The maximum atomic E-state index is 12.2. The van der Waals surface area contributed by atoms with Gasteiger partial charge in [0.05, 0.1) is 38.2 Å². The van der Waals surface area contributed by atoms with Gasteiger partial charge in [-0.2, -0.15) is 0 Å².